The van der Waals surface area contributed by atoms with E-state index in [1.54, 1.807) is 0 Å². The molecule has 0 saturated carbocycles. The van der Waals surface area contributed by atoms with E-state index in [0.29, 0.717) is 0 Å². The van der Waals surface area contributed by atoms with Crippen molar-refractivity contribution in [1.29, 1.82) is 0 Å². The van der Waals surface area contributed by atoms with Crippen LogP contribution in [0.15, 0.2) is 194 Å². The molecule has 0 amide bonds. The summed E-state index contributed by atoms with van der Waals surface area (Å²) in [5.41, 5.74) is 15.8. The van der Waals surface area contributed by atoms with Gasteiger partial charge in [0.25, 0.3) is 0 Å². The van der Waals surface area contributed by atoms with Crippen molar-refractivity contribution in [3.8, 4) is 33.4 Å². The Bertz CT molecular complexity index is 3090. The third-order valence-corrected chi connectivity index (χ3v) is 13.0. The zero-order chi connectivity index (χ0) is 36.1. The molecular formula is C52H32N2S. The van der Waals surface area contributed by atoms with Crippen LogP contribution in [0.25, 0.3) is 64.3 Å². The number of hydrogen-bond donors (Lipinski definition) is 0. The predicted octanol–water partition coefficient (Wildman–Crippen LogP) is 14.1. The SMILES string of the molecule is c1ccc(-c2ccc(N(c3ccc4c(c3)C3(c5ccccc5-c5ccccc53)c3ccccc3-4)c3cncc4sc5cc6ccccc6cc5c34)cc2)cc1. The minimum Gasteiger partial charge on any atom is -0.308 e. The van der Waals surface area contributed by atoms with E-state index in [9.17, 15) is 0 Å². The van der Waals surface area contributed by atoms with Gasteiger partial charge in [-0.05, 0) is 103 Å². The molecule has 12 rings (SSSR count). The van der Waals surface area contributed by atoms with Gasteiger partial charge in [-0.25, -0.2) is 0 Å². The molecule has 2 heterocycles. The summed E-state index contributed by atoms with van der Waals surface area (Å²) in [5, 5.41) is 4.98. The number of anilines is 3. The van der Waals surface area contributed by atoms with Crippen molar-refractivity contribution < 1.29 is 0 Å². The number of nitrogens with zero attached hydrogens (tertiary/aromatic N) is 2. The molecule has 55 heavy (non-hydrogen) atoms. The van der Waals surface area contributed by atoms with Crippen LogP contribution in [0.3, 0.4) is 0 Å². The van der Waals surface area contributed by atoms with Crippen LogP contribution in [0.5, 0.6) is 0 Å². The Labute approximate surface area is 323 Å². The molecule has 2 nitrogen and oxygen atoms in total. The number of pyridine rings is 1. The van der Waals surface area contributed by atoms with Gasteiger partial charge in [0.15, 0.2) is 0 Å². The van der Waals surface area contributed by atoms with Crippen LogP contribution in [0.2, 0.25) is 0 Å². The maximum atomic E-state index is 4.92. The highest BCUT2D eigenvalue weighted by molar-refractivity contribution is 7.26. The first kappa shape index (κ1) is 30.6. The van der Waals surface area contributed by atoms with Gasteiger partial charge in [-0.15, -0.1) is 11.3 Å². The molecule has 3 heteroatoms. The molecule has 8 aromatic carbocycles. The van der Waals surface area contributed by atoms with Crippen molar-refractivity contribution in [2.24, 2.45) is 0 Å². The van der Waals surface area contributed by atoms with E-state index >= 15 is 0 Å². The van der Waals surface area contributed by atoms with Crippen LogP contribution in [0.1, 0.15) is 22.3 Å². The molecule has 0 fully saturated rings. The molecule has 0 saturated heterocycles. The van der Waals surface area contributed by atoms with Crippen LogP contribution in [-0.4, -0.2) is 4.98 Å². The molecule has 0 aliphatic heterocycles. The van der Waals surface area contributed by atoms with E-state index in [-0.39, 0.29) is 0 Å². The normalized spacial score (nSPS) is 13.2. The number of aromatic nitrogens is 1. The van der Waals surface area contributed by atoms with Crippen molar-refractivity contribution in [2.75, 3.05) is 4.90 Å². The Balaban J connectivity index is 1.14. The average Bonchev–Trinajstić information content (AvgIpc) is 3.87. The Morgan fingerprint density at radius 2 is 0.964 bits per heavy atom. The highest BCUT2D eigenvalue weighted by Gasteiger charge is 2.51. The van der Waals surface area contributed by atoms with E-state index < -0.39 is 5.41 Å². The molecule has 0 bridgehead atoms. The Hall–Kier alpha value is -6.81. The predicted molar refractivity (Wildman–Crippen MR) is 231 cm³/mol. The van der Waals surface area contributed by atoms with Crippen molar-refractivity contribution in [3.05, 3.63) is 217 Å². The summed E-state index contributed by atoms with van der Waals surface area (Å²) in [6, 6.07) is 67.3. The summed E-state index contributed by atoms with van der Waals surface area (Å²) in [5.74, 6) is 0. The number of fused-ring (bicyclic) bond motifs is 14. The van der Waals surface area contributed by atoms with E-state index in [4.69, 9.17) is 4.98 Å². The quantitative estimate of drug-likeness (QED) is 0.180. The molecule has 2 aromatic heterocycles. The average molecular weight is 717 g/mol. The van der Waals surface area contributed by atoms with Gasteiger partial charge < -0.3 is 4.90 Å². The number of benzene rings is 8. The lowest BCUT2D eigenvalue weighted by Crippen LogP contribution is -2.26. The zero-order valence-electron chi connectivity index (χ0n) is 29.8. The minimum atomic E-state index is -0.434. The zero-order valence-corrected chi connectivity index (χ0v) is 30.6. The molecule has 2 aliphatic rings. The first-order chi connectivity index (χ1) is 27.3. The van der Waals surface area contributed by atoms with E-state index in [1.807, 2.05) is 17.5 Å². The van der Waals surface area contributed by atoms with Gasteiger partial charge in [-0.2, -0.15) is 0 Å². The van der Waals surface area contributed by atoms with Gasteiger partial charge in [0.05, 0.1) is 22.0 Å². The molecule has 0 unspecified atom stereocenters. The van der Waals surface area contributed by atoms with Gasteiger partial charge >= 0.3 is 0 Å². The maximum Gasteiger partial charge on any atom is 0.0738 e. The lowest BCUT2D eigenvalue weighted by molar-refractivity contribution is 0.793. The Morgan fingerprint density at radius 1 is 0.418 bits per heavy atom. The largest absolute Gasteiger partial charge is 0.308 e. The number of thiophene rings is 1. The first-order valence-corrected chi connectivity index (χ1v) is 19.7. The minimum absolute atomic E-state index is 0.434. The van der Waals surface area contributed by atoms with Crippen LogP contribution in [0, 0.1) is 0 Å². The van der Waals surface area contributed by atoms with Gasteiger partial charge in [0, 0.05) is 33.0 Å². The summed E-state index contributed by atoms with van der Waals surface area (Å²) in [4.78, 5) is 7.36. The van der Waals surface area contributed by atoms with Crippen molar-refractivity contribution >= 4 is 59.3 Å². The van der Waals surface area contributed by atoms with Crippen LogP contribution < -0.4 is 4.90 Å². The van der Waals surface area contributed by atoms with E-state index in [1.165, 1.54) is 86.6 Å². The molecule has 1 spiro atoms. The second kappa shape index (κ2) is 11.6. The lowest BCUT2D eigenvalue weighted by Gasteiger charge is -2.32. The molecule has 10 aromatic rings. The fourth-order valence-electron chi connectivity index (χ4n) is 9.65. The van der Waals surface area contributed by atoms with Crippen LogP contribution in [-0.2, 0) is 5.41 Å². The number of hydrogen-bond acceptors (Lipinski definition) is 3. The molecule has 0 radical (unpaired) electrons. The van der Waals surface area contributed by atoms with E-state index in [0.717, 1.165) is 17.1 Å². The monoisotopic (exact) mass is 716 g/mol. The fraction of sp³-hybridized carbons (Fsp3) is 0.0192. The standard InChI is InChI=1S/C52H32N2S/c1-2-12-33(13-3-1)34-22-24-37(25-23-34)54(48-31-53-32-50-51(48)43-28-35-14-4-5-15-36(35)29-49(43)55-50)38-26-27-42-41-18-8-11-21-46(41)52(47(42)30-38)44-19-9-6-16-39(44)40-17-7-10-20-45(40)52/h1-32H. The highest BCUT2D eigenvalue weighted by atomic mass is 32.1. The van der Waals surface area contributed by atoms with Crippen molar-refractivity contribution in [3.63, 3.8) is 0 Å². The lowest BCUT2D eigenvalue weighted by atomic mass is 9.70. The maximum absolute atomic E-state index is 4.92. The smallest absolute Gasteiger partial charge is 0.0738 e. The van der Waals surface area contributed by atoms with Crippen LogP contribution in [0.4, 0.5) is 17.1 Å². The second-order valence-electron chi connectivity index (χ2n) is 14.7. The Kier molecular flexibility index (Phi) is 6.46. The first-order valence-electron chi connectivity index (χ1n) is 18.9. The highest BCUT2D eigenvalue weighted by Crippen LogP contribution is 2.63. The summed E-state index contributed by atoms with van der Waals surface area (Å²) >= 11 is 1.82. The summed E-state index contributed by atoms with van der Waals surface area (Å²) < 4.78 is 2.45. The Morgan fingerprint density at radius 3 is 1.64 bits per heavy atom. The molecular weight excluding hydrogens is 685 g/mol. The van der Waals surface area contributed by atoms with Crippen molar-refractivity contribution in [2.45, 2.75) is 5.41 Å². The van der Waals surface area contributed by atoms with Crippen molar-refractivity contribution in [1.82, 2.24) is 4.98 Å². The molecule has 0 atom stereocenters. The van der Waals surface area contributed by atoms with Gasteiger partial charge in [0.2, 0.25) is 0 Å². The second-order valence-corrected chi connectivity index (χ2v) is 15.8. The van der Waals surface area contributed by atoms with Gasteiger partial charge in [-0.1, -0.05) is 146 Å². The van der Waals surface area contributed by atoms with Crippen LogP contribution >= 0.6 is 11.3 Å². The summed E-state index contributed by atoms with van der Waals surface area (Å²) in [6.07, 6.45) is 4.10. The number of rotatable bonds is 4. The fourth-order valence-corrected chi connectivity index (χ4v) is 10.8. The third kappa shape index (κ3) is 4.27. The molecule has 2 aliphatic carbocycles. The topological polar surface area (TPSA) is 16.1 Å². The van der Waals surface area contributed by atoms with Gasteiger partial charge in [-0.3, -0.25) is 4.98 Å². The summed E-state index contributed by atoms with van der Waals surface area (Å²) in [6.45, 7) is 0. The molecule has 256 valence electrons. The van der Waals surface area contributed by atoms with E-state index in [2.05, 4.69) is 193 Å². The third-order valence-electron chi connectivity index (χ3n) is 11.9. The summed E-state index contributed by atoms with van der Waals surface area (Å²) in [7, 11) is 0. The molecule has 0 N–H and O–H groups in total. The van der Waals surface area contributed by atoms with Gasteiger partial charge in [0.1, 0.15) is 0 Å².